The Morgan fingerprint density at radius 1 is 0.339 bits per heavy atom. The Morgan fingerprint density at radius 3 is 1.34 bits per heavy atom. The Kier molecular flexibility index (Phi) is 8.37. The van der Waals surface area contributed by atoms with Crippen molar-refractivity contribution in [2.75, 3.05) is 0 Å². The van der Waals surface area contributed by atoms with Gasteiger partial charge in [-0.05, 0) is 80.2 Å². The van der Waals surface area contributed by atoms with E-state index >= 15 is 0 Å². The molecule has 0 saturated carbocycles. The standard InChI is InChI=1S/C53H34N6/c1-4-16-36(17-5-1)50-56-51(37-18-6-2-7-19-37)58-52(57-50)38-30-28-35(29-31-38)48-41-22-10-12-24-43(41)49(44-25-13-11-23-42(44)48)39-32-33-54-46(34-39)53-55-45-26-14-15-27-47(45)59(53)40-20-8-3-9-21-40/h1-34H. The summed E-state index contributed by atoms with van der Waals surface area (Å²) in [4.78, 5) is 24.9. The molecule has 276 valence electrons. The molecule has 0 aliphatic heterocycles. The zero-order valence-corrected chi connectivity index (χ0v) is 31.8. The van der Waals surface area contributed by atoms with Crippen LogP contribution in [0.25, 0.3) is 106 Å². The average Bonchev–Trinajstić information content (AvgIpc) is 3.71. The van der Waals surface area contributed by atoms with Crippen LogP contribution in [0.2, 0.25) is 0 Å². The van der Waals surface area contributed by atoms with E-state index in [0.717, 1.165) is 72.4 Å². The van der Waals surface area contributed by atoms with Gasteiger partial charge in [0.2, 0.25) is 0 Å². The first-order valence-electron chi connectivity index (χ1n) is 19.7. The summed E-state index contributed by atoms with van der Waals surface area (Å²) in [5.74, 6) is 2.71. The molecule has 0 saturated heterocycles. The number of hydrogen-bond donors (Lipinski definition) is 0. The molecule has 3 heterocycles. The summed E-state index contributed by atoms with van der Waals surface area (Å²) in [5.41, 5.74) is 11.1. The summed E-state index contributed by atoms with van der Waals surface area (Å²) in [7, 11) is 0. The SMILES string of the molecule is c1ccc(-c2nc(-c3ccccc3)nc(-c3ccc(-c4c5ccccc5c(-c5ccnc(-c6nc7ccccc7n6-c6ccccc6)c5)c5ccccc45)cc3)n2)cc1. The zero-order valence-electron chi connectivity index (χ0n) is 31.8. The first kappa shape index (κ1) is 34.2. The Labute approximate surface area is 340 Å². The van der Waals surface area contributed by atoms with E-state index in [0.29, 0.717) is 17.5 Å². The molecule has 0 atom stereocenters. The van der Waals surface area contributed by atoms with Crippen molar-refractivity contribution in [3.63, 3.8) is 0 Å². The number of nitrogens with zero attached hydrogens (tertiary/aromatic N) is 6. The molecule has 0 spiro atoms. The fourth-order valence-corrected chi connectivity index (χ4v) is 8.22. The maximum atomic E-state index is 5.13. The van der Waals surface area contributed by atoms with Crippen LogP contribution in [0.3, 0.4) is 0 Å². The molecule has 11 aromatic rings. The van der Waals surface area contributed by atoms with Gasteiger partial charge in [-0.15, -0.1) is 0 Å². The smallest absolute Gasteiger partial charge is 0.164 e. The maximum Gasteiger partial charge on any atom is 0.164 e. The fourth-order valence-electron chi connectivity index (χ4n) is 8.22. The number of hydrogen-bond acceptors (Lipinski definition) is 5. The summed E-state index contributed by atoms with van der Waals surface area (Å²) < 4.78 is 2.20. The third-order valence-corrected chi connectivity index (χ3v) is 10.9. The average molecular weight is 755 g/mol. The number of pyridine rings is 1. The van der Waals surface area contributed by atoms with Crippen LogP contribution in [0.1, 0.15) is 0 Å². The van der Waals surface area contributed by atoms with Crippen molar-refractivity contribution in [2.24, 2.45) is 0 Å². The Bertz CT molecular complexity index is 3190. The van der Waals surface area contributed by atoms with Gasteiger partial charge in [-0.25, -0.2) is 19.9 Å². The predicted molar refractivity (Wildman–Crippen MR) is 240 cm³/mol. The van der Waals surface area contributed by atoms with Crippen molar-refractivity contribution in [2.45, 2.75) is 0 Å². The molecule has 3 aromatic heterocycles. The lowest BCUT2D eigenvalue weighted by molar-refractivity contribution is 1.07. The quantitative estimate of drug-likeness (QED) is 0.152. The Morgan fingerprint density at radius 2 is 0.780 bits per heavy atom. The highest BCUT2D eigenvalue weighted by Gasteiger charge is 2.20. The van der Waals surface area contributed by atoms with E-state index in [4.69, 9.17) is 24.9 Å². The minimum atomic E-state index is 0.628. The van der Waals surface area contributed by atoms with Crippen molar-refractivity contribution in [1.29, 1.82) is 0 Å². The van der Waals surface area contributed by atoms with Crippen molar-refractivity contribution in [3.05, 3.63) is 206 Å². The van der Waals surface area contributed by atoms with Crippen LogP contribution in [-0.2, 0) is 0 Å². The normalized spacial score (nSPS) is 11.4. The van der Waals surface area contributed by atoms with Crippen LogP contribution >= 0.6 is 0 Å². The fraction of sp³-hybridized carbons (Fsp3) is 0. The van der Waals surface area contributed by atoms with E-state index in [1.807, 2.05) is 79.0 Å². The molecule has 11 rings (SSSR count). The lowest BCUT2D eigenvalue weighted by Crippen LogP contribution is -2.00. The molecule has 0 bridgehead atoms. The van der Waals surface area contributed by atoms with E-state index in [9.17, 15) is 0 Å². The van der Waals surface area contributed by atoms with Gasteiger partial charge in [-0.2, -0.15) is 0 Å². The summed E-state index contributed by atoms with van der Waals surface area (Å²) in [6.45, 7) is 0. The van der Waals surface area contributed by atoms with Gasteiger partial charge < -0.3 is 0 Å². The van der Waals surface area contributed by atoms with Gasteiger partial charge in [0, 0.05) is 28.6 Å². The van der Waals surface area contributed by atoms with Gasteiger partial charge in [0.1, 0.15) is 5.69 Å². The van der Waals surface area contributed by atoms with E-state index in [-0.39, 0.29) is 0 Å². The maximum absolute atomic E-state index is 5.13. The van der Waals surface area contributed by atoms with Crippen LogP contribution in [0.4, 0.5) is 0 Å². The van der Waals surface area contributed by atoms with Gasteiger partial charge in [0.15, 0.2) is 23.3 Å². The number of aromatic nitrogens is 6. The second-order valence-electron chi connectivity index (χ2n) is 14.5. The summed E-state index contributed by atoms with van der Waals surface area (Å²) in [6.07, 6.45) is 1.91. The second kappa shape index (κ2) is 14.4. The van der Waals surface area contributed by atoms with Crippen molar-refractivity contribution < 1.29 is 0 Å². The molecule has 0 N–H and O–H groups in total. The van der Waals surface area contributed by atoms with Gasteiger partial charge in [0.25, 0.3) is 0 Å². The minimum Gasteiger partial charge on any atom is -0.291 e. The highest BCUT2D eigenvalue weighted by molar-refractivity contribution is 6.21. The van der Waals surface area contributed by atoms with Gasteiger partial charge in [0.05, 0.1) is 11.0 Å². The number of rotatable bonds is 7. The lowest BCUT2D eigenvalue weighted by Gasteiger charge is -2.18. The first-order chi connectivity index (χ1) is 29.3. The van der Waals surface area contributed by atoms with E-state index in [1.165, 1.54) is 16.3 Å². The number of benzene rings is 8. The van der Waals surface area contributed by atoms with Crippen LogP contribution in [-0.4, -0.2) is 29.5 Å². The molecule has 59 heavy (non-hydrogen) atoms. The van der Waals surface area contributed by atoms with Crippen molar-refractivity contribution in [3.8, 4) is 73.6 Å². The zero-order chi connectivity index (χ0) is 39.1. The third-order valence-electron chi connectivity index (χ3n) is 10.9. The molecular formula is C53H34N6. The Balaban J connectivity index is 1.05. The molecule has 0 aliphatic rings. The monoisotopic (exact) mass is 754 g/mol. The lowest BCUT2D eigenvalue weighted by atomic mass is 9.86. The van der Waals surface area contributed by atoms with Gasteiger partial charge in [-0.3, -0.25) is 9.55 Å². The molecule has 0 unspecified atom stereocenters. The highest BCUT2D eigenvalue weighted by atomic mass is 15.1. The largest absolute Gasteiger partial charge is 0.291 e. The molecule has 6 heteroatoms. The predicted octanol–water partition coefficient (Wildman–Crippen LogP) is 12.9. The van der Waals surface area contributed by atoms with Crippen LogP contribution in [0, 0.1) is 0 Å². The number of imidazole rings is 1. The third kappa shape index (κ3) is 6.11. The van der Waals surface area contributed by atoms with Crippen molar-refractivity contribution in [1.82, 2.24) is 29.5 Å². The van der Waals surface area contributed by atoms with Crippen molar-refractivity contribution >= 4 is 32.6 Å². The molecule has 8 aromatic carbocycles. The molecule has 6 nitrogen and oxygen atoms in total. The topological polar surface area (TPSA) is 69.4 Å². The summed E-state index contributed by atoms with van der Waals surface area (Å²) in [5, 5.41) is 4.66. The molecule has 0 fully saturated rings. The second-order valence-corrected chi connectivity index (χ2v) is 14.5. The highest BCUT2D eigenvalue weighted by Crippen LogP contribution is 2.44. The molecule has 0 amide bonds. The van der Waals surface area contributed by atoms with Gasteiger partial charge >= 0.3 is 0 Å². The van der Waals surface area contributed by atoms with Crippen LogP contribution in [0.15, 0.2) is 206 Å². The first-order valence-corrected chi connectivity index (χ1v) is 19.7. The minimum absolute atomic E-state index is 0.628. The molecule has 0 aliphatic carbocycles. The van der Waals surface area contributed by atoms with Crippen LogP contribution in [0.5, 0.6) is 0 Å². The van der Waals surface area contributed by atoms with Gasteiger partial charge in [-0.1, -0.05) is 164 Å². The number of fused-ring (bicyclic) bond motifs is 3. The summed E-state index contributed by atoms with van der Waals surface area (Å²) >= 11 is 0. The van der Waals surface area contributed by atoms with Crippen LogP contribution < -0.4 is 0 Å². The Hall–Kier alpha value is -8.09. The molecule has 0 radical (unpaired) electrons. The number of para-hydroxylation sites is 3. The van der Waals surface area contributed by atoms with E-state index < -0.39 is 0 Å². The van der Waals surface area contributed by atoms with E-state index in [2.05, 4.69) is 132 Å². The van der Waals surface area contributed by atoms with E-state index in [1.54, 1.807) is 0 Å². The summed E-state index contributed by atoms with van der Waals surface area (Å²) in [6, 6.07) is 69.1. The molecular weight excluding hydrogens is 721 g/mol.